The first-order chi connectivity index (χ1) is 8.29. The van der Waals surface area contributed by atoms with Gasteiger partial charge in [-0.3, -0.25) is 0 Å². The standard InChI is InChI=1S/C11H11F3O4/c1-2-18-10(17)9(16)8-6(11(12,13)14)4-3-5-7(8)15/h3-5,9,15-16H,2H2,1H3. The molecule has 0 aromatic heterocycles. The summed E-state index contributed by atoms with van der Waals surface area (Å²) in [6, 6.07) is 2.59. The molecular weight excluding hydrogens is 253 g/mol. The fourth-order valence-electron chi connectivity index (χ4n) is 1.43. The normalized spacial score (nSPS) is 13.2. The fourth-order valence-corrected chi connectivity index (χ4v) is 1.43. The average molecular weight is 264 g/mol. The van der Waals surface area contributed by atoms with Crippen molar-refractivity contribution in [2.45, 2.75) is 19.2 Å². The molecule has 7 heteroatoms. The first-order valence-corrected chi connectivity index (χ1v) is 5.02. The van der Waals surface area contributed by atoms with Gasteiger partial charge in [0.05, 0.1) is 12.2 Å². The zero-order chi connectivity index (χ0) is 13.9. The quantitative estimate of drug-likeness (QED) is 0.819. The lowest BCUT2D eigenvalue weighted by Gasteiger charge is -2.17. The van der Waals surface area contributed by atoms with Crippen molar-refractivity contribution in [3.63, 3.8) is 0 Å². The number of alkyl halides is 3. The lowest BCUT2D eigenvalue weighted by Crippen LogP contribution is -2.20. The number of ether oxygens (including phenoxy) is 1. The number of aliphatic hydroxyl groups excluding tert-OH is 1. The van der Waals surface area contributed by atoms with Gasteiger partial charge in [-0.15, -0.1) is 0 Å². The number of esters is 1. The van der Waals surface area contributed by atoms with Crippen LogP contribution in [0.15, 0.2) is 18.2 Å². The van der Waals surface area contributed by atoms with E-state index in [0.717, 1.165) is 12.1 Å². The Morgan fingerprint density at radius 2 is 2.06 bits per heavy atom. The van der Waals surface area contributed by atoms with Crippen LogP contribution in [-0.4, -0.2) is 22.8 Å². The Morgan fingerprint density at radius 3 is 2.56 bits per heavy atom. The maximum absolute atomic E-state index is 12.7. The van der Waals surface area contributed by atoms with Crippen molar-refractivity contribution < 1.29 is 32.9 Å². The molecule has 0 saturated carbocycles. The number of halogens is 3. The van der Waals surface area contributed by atoms with Crippen LogP contribution in [0.25, 0.3) is 0 Å². The van der Waals surface area contributed by atoms with Crippen LogP contribution in [0.4, 0.5) is 13.2 Å². The van der Waals surface area contributed by atoms with Crippen molar-refractivity contribution in [1.82, 2.24) is 0 Å². The highest BCUT2D eigenvalue weighted by Crippen LogP contribution is 2.39. The lowest BCUT2D eigenvalue weighted by molar-refractivity contribution is -0.155. The second-order valence-corrected chi connectivity index (χ2v) is 3.39. The van der Waals surface area contributed by atoms with Gasteiger partial charge in [-0.25, -0.2) is 4.79 Å². The zero-order valence-corrected chi connectivity index (χ0v) is 9.36. The monoisotopic (exact) mass is 264 g/mol. The van der Waals surface area contributed by atoms with Crippen LogP contribution in [0.1, 0.15) is 24.2 Å². The van der Waals surface area contributed by atoms with Gasteiger partial charge in [-0.2, -0.15) is 13.2 Å². The maximum atomic E-state index is 12.7. The van der Waals surface area contributed by atoms with E-state index in [9.17, 15) is 28.2 Å². The summed E-state index contributed by atoms with van der Waals surface area (Å²) in [5.41, 5.74) is -2.17. The van der Waals surface area contributed by atoms with E-state index in [1.165, 1.54) is 6.92 Å². The number of hydrogen-bond donors (Lipinski definition) is 2. The molecule has 0 spiro atoms. The minimum atomic E-state index is -4.79. The minimum Gasteiger partial charge on any atom is -0.508 e. The molecule has 0 radical (unpaired) electrons. The van der Waals surface area contributed by atoms with E-state index in [-0.39, 0.29) is 6.61 Å². The van der Waals surface area contributed by atoms with Gasteiger partial charge in [0.25, 0.3) is 0 Å². The summed E-state index contributed by atoms with van der Waals surface area (Å²) in [5.74, 6) is -2.06. The number of carbonyl (C=O) groups is 1. The van der Waals surface area contributed by atoms with Crippen molar-refractivity contribution in [1.29, 1.82) is 0 Å². The minimum absolute atomic E-state index is 0.0924. The molecule has 1 aromatic carbocycles. The van der Waals surface area contributed by atoms with E-state index < -0.39 is 35.1 Å². The Balaban J connectivity index is 3.26. The Hall–Kier alpha value is -1.76. The molecule has 1 atom stereocenters. The van der Waals surface area contributed by atoms with Gasteiger partial charge in [0.15, 0.2) is 6.10 Å². The van der Waals surface area contributed by atoms with Crippen LogP contribution >= 0.6 is 0 Å². The number of carbonyl (C=O) groups excluding carboxylic acids is 1. The van der Waals surface area contributed by atoms with Crippen LogP contribution < -0.4 is 0 Å². The summed E-state index contributed by atoms with van der Waals surface area (Å²) < 4.78 is 42.4. The van der Waals surface area contributed by atoms with E-state index in [1.807, 2.05) is 0 Å². The topological polar surface area (TPSA) is 66.8 Å². The molecule has 1 unspecified atom stereocenters. The van der Waals surface area contributed by atoms with Crippen LogP contribution in [0.3, 0.4) is 0 Å². The van der Waals surface area contributed by atoms with Gasteiger partial charge in [0, 0.05) is 5.56 Å². The molecule has 0 fully saturated rings. The molecule has 0 aliphatic heterocycles. The molecule has 4 nitrogen and oxygen atoms in total. The highest BCUT2D eigenvalue weighted by Gasteiger charge is 2.38. The molecule has 1 rings (SSSR count). The van der Waals surface area contributed by atoms with E-state index in [4.69, 9.17) is 0 Å². The van der Waals surface area contributed by atoms with Gasteiger partial charge in [-0.1, -0.05) is 6.07 Å². The first-order valence-electron chi connectivity index (χ1n) is 5.02. The number of aliphatic hydroxyl groups is 1. The van der Waals surface area contributed by atoms with E-state index in [1.54, 1.807) is 0 Å². The number of benzene rings is 1. The molecule has 0 heterocycles. The molecule has 0 amide bonds. The van der Waals surface area contributed by atoms with Gasteiger partial charge in [0.2, 0.25) is 0 Å². The van der Waals surface area contributed by atoms with Gasteiger partial charge in [0.1, 0.15) is 5.75 Å². The van der Waals surface area contributed by atoms with E-state index in [2.05, 4.69) is 4.74 Å². The predicted octanol–water partition coefficient (Wildman–Crippen LogP) is 2.01. The van der Waals surface area contributed by atoms with E-state index in [0.29, 0.717) is 6.07 Å². The molecule has 2 N–H and O–H groups in total. The van der Waals surface area contributed by atoms with Gasteiger partial charge in [-0.05, 0) is 19.1 Å². The van der Waals surface area contributed by atoms with Crippen LogP contribution in [0, 0.1) is 0 Å². The molecule has 1 aromatic rings. The number of phenols is 1. The predicted molar refractivity (Wildman–Crippen MR) is 54.7 cm³/mol. The summed E-state index contributed by atoms with van der Waals surface area (Å²) in [5, 5.41) is 18.9. The summed E-state index contributed by atoms with van der Waals surface area (Å²) in [4.78, 5) is 11.2. The van der Waals surface area contributed by atoms with Crippen molar-refractivity contribution >= 4 is 5.97 Å². The molecule has 18 heavy (non-hydrogen) atoms. The smallest absolute Gasteiger partial charge is 0.416 e. The Kier molecular flexibility index (Phi) is 4.18. The number of phenolic OH excluding ortho intramolecular Hbond substituents is 1. The van der Waals surface area contributed by atoms with E-state index >= 15 is 0 Å². The first kappa shape index (κ1) is 14.3. The maximum Gasteiger partial charge on any atom is 0.416 e. The van der Waals surface area contributed by atoms with Crippen LogP contribution in [-0.2, 0) is 15.7 Å². The molecule has 0 saturated heterocycles. The van der Waals surface area contributed by atoms with Gasteiger partial charge >= 0.3 is 12.1 Å². The molecule has 100 valence electrons. The third kappa shape index (κ3) is 2.92. The van der Waals surface area contributed by atoms with Crippen LogP contribution in [0.5, 0.6) is 5.75 Å². The molecule has 0 aliphatic carbocycles. The molecule has 0 aliphatic rings. The molecule has 0 bridgehead atoms. The fraction of sp³-hybridized carbons (Fsp3) is 0.364. The van der Waals surface area contributed by atoms with Crippen molar-refractivity contribution in [3.05, 3.63) is 29.3 Å². The summed E-state index contributed by atoms with van der Waals surface area (Å²) >= 11 is 0. The molecular formula is C11H11F3O4. The van der Waals surface area contributed by atoms with Crippen LogP contribution in [0.2, 0.25) is 0 Å². The number of hydrogen-bond acceptors (Lipinski definition) is 4. The SMILES string of the molecule is CCOC(=O)C(O)c1c(O)cccc1C(F)(F)F. The second-order valence-electron chi connectivity index (χ2n) is 3.39. The Bertz CT molecular complexity index is 442. The van der Waals surface area contributed by atoms with Crippen molar-refractivity contribution in [2.24, 2.45) is 0 Å². The number of rotatable bonds is 3. The van der Waals surface area contributed by atoms with Crippen molar-refractivity contribution in [2.75, 3.05) is 6.61 Å². The largest absolute Gasteiger partial charge is 0.508 e. The highest BCUT2D eigenvalue weighted by atomic mass is 19.4. The third-order valence-corrected chi connectivity index (χ3v) is 2.17. The highest BCUT2D eigenvalue weighted by molar-refractivity contribution is 5.78. The number of aromatic hydroxyl groups is 1. The van der Waals surface area contributed by atoms with Gasteiger partial charge < -0.3 is 14.9 Å². The summed E-state index contributed by atoms with van der Waals surface area (Å²) in [6.45, 7) is 1.35. The van der Waals surface area contributed by atoms with Crippen molar-refractivity contribution in [3.8, 4) is 5.75 Å². The zero-order valence-electron chi connectivity index (χ0n) is 9.36. The second kappa shape index (κ2) is 5.26. The third-order valence-electron chi connectivity index (χ3n) is 2.17. The summed E-state index contributed by atoms with van der Waals surface area (Å²) in [6.07, 6.45) is -6.97. The Labute approximate surface area is 101 Å². The summed E-state index contributed by atoms with van der Waals surface area (Å²) in [7, 11) is 0. The Morgan fingerprint density at radius 1 is 1.44 bits per heavy atom. The average Bonchev–Trinajstić information content (AvgIpc) is 2.27. The lowest BCUT2D eigenvalue weighted by atomic mass is 10.0.